The molecule has 0 amide bonds. The summed E-state index contributed by atoms with van der Waals surface area (Å²) in [7, 11) is -3.99. The minimum absolute atomic E-state index is 0.113. The van der Waals surface area contributed by atoms with Crippen LogP contribution >= 0.6 is 0 Å². The molecule has 2 aromatic rings. The van der Waals surface area contributed by atoms with Gasteiger partial charge < -0.3 is 0 Å². The molecule has 0 aliphatic rings. The second kappa shape index (κ2) is 6.04. The summed E-state index contributed by atoms with van der Waals surface area (Å²) < 4.78 is 53.5. The van der Waals surface area contributed by atoms with Crippen molar-refractivity contribution in [1.29, 1.82) is 0 Å². The highest BCUT2D eigenvalue weighted by molar-refractivity contribution is 7.92. The first kappa shape index (κ1) is 16.4. The fourth-order valence-electron chi connectivity index (χ4n) is 2.15. The monoisotopic (exact) mass is 325 g/mol. The standard InChI is InChI=1S/C16H17F2NO2S/c1-10(2)13-6-4-5-11(3)16(13)19-22(20,21)12-7-8-14(17)15(18)9-12/h4-10,19H,1-3H3. The minimum atomic E-state index is -3.99. The summed E-state index contributed by atoms with van der Waals surface area (Å²) in [5.41, 5.74) is 2.07. The van der Waals surface area contributed by atoms with Gasteiger partial charge in [0.2, 0.25) is 0 Å². The van der Waals surface area contributed by atoms with Crippen molar-refractivity contribution in [3.63, 3.8) is 0 Å². The Labute approximate surface area is 129 Å². The maximum Gasteiger partial charge on any atom is 0.262 e. The van der Waals surface area contributed by atoms with Gasteiger partial charge in [-0.25, -0.2) is 17.2 Å². The van der Waals surface area contributed by atoms with E-state index in [2.05, 4.69) is 4.72 Å². The van der Waals surface area contributed by atoms with Gasteiger partial charge in [0.1, 0.15) is 0 Å². The van der Waals surface area contributed by atoms with E-state index < -0.39 is 21.7 Å². The van der Waals surface area contributed by atoms with Gasteiger partial charge >= 0.3 is 0 Å². The maximum absolute atomic E-state index is 13.3. The lowest BCUT2D eigenvalue weighted by Gasteiger charge is -2.17. The molecule has 22 heavy (non-hydrogen) atoms. The highest BCUT2D eigenvalue weighted by Gasteiger charge is 2.20. The van der Waals surface area contributed by atoms with E-state index in [4.69, 9.17) is 0 Å². The molecule has 0 atom stereocenters. The summed E-state index contributed by atoms with van der Waals surface area (Å²) in [6.45, 7) is 5.68. The average Bonchev–Trinajstić information content (AvgIpc) is 2.43. The Bertz CT molecular complexity index is 802. The Morgan fingerprint density at radius 3 is 2.32 bits per heavy atom. The van der Waals surface area contributed by atoms with E-state index in [1.165, 1.54) is 0 Å². The largest absolute Gasteiger partial charge is 0.279 e. The molecule has 2 rings (SSSR count). The summed E-state index contributed by atoms with van der Waals surface area (Å²) in [6.07, 6.45) is 0. The molecule has 3 nitrogen and oxygen atoms in total. The third kappa shape index (κ3) is 3.27. The minimum Gasteiger partial charge on any atom is -0.279 e. The number of nitrogens with one attached hydrogen (secondary N) is 1. The molecule has 0 unspecified atom stereocenters. The van der Waals surface area contributed by atoms with Crippen LogP contribution in [-0.4, -0.2) is 8.42 Å². The van der Waals surface area contributed by atoms with Gasteiger partial charge in [0.05, 0.1) is 10.6 Å². The molecular weight excluding hydrogens is 308 g/mol. The second-order valence-electron chi connectivity index (χ2n) is 5.38. The van der Waals surface area contributed by atoms with Crippen LogP contribution in [0.15, 0.2) is 41.3 Å². The van der Waals surface area contributed by atoms with Crippen molar-refractivity contribution in [2.45, 2.75) is 31.6 Å². The Hall–Kier alpha value is -1.95. The maximum atomic E-state index is 13.3. The predicted octanol–water partition coefficient (Wildman–Crippen LogP) is 4.20. The molecule has 0 aliphatic heterocycles. The average molecular weight is 325 g/mol. The molecule has 6 heteroatoms. The lowest BCUT2D eigenvalue weighted by Crippen LogP contribution is -2.16. The van der Waals surface area contributed by atoms with Crippen LogP contribution in [0.4, 0.5) is 14.5 Å². The summed E-state index contributed by atoms with van der Waals surface area (Å²) in [4.78, 5) is -0.315. The lowest BCUT2D eigenvalue weighted by atomic mass is 9.99. The molecule has 0 bridgehead atoms. The molecule has 0 fully saturated rings. The highest BCUT2D eigenvalue weighted by Crippen LogP contribution is 2.29. The van der Waals surface area contributed by atoms with E-state index in [9.17, 15) is 17.2 Å². The Morgan fingerprint density at radius 2 is 1.73 bits per heavy atom. The first-order valence-corrected chi connectivity index (χ1v) is 8.28. The Kier molecular flexibility index (Phi) is 4.51. The van der Waals surface area contributed by atoms with Crippen LogP contribution in [0, 0.1) is 18.6 Å². The molecule has 0 aliphatic carbocycles. The first-order valence-electron chi connectivity index (χ1n) is 6.79. The van der Waals surface area contributed by atoms with Gasteiger partial charge in [-0.15, -0.1) is 0 Å². The van der Waals surface area contributed by atoms with Crippen LogP contribution in [0.3, 0.4) is 0 Å². The SMILES string of the molecule is Cc1cccc(C(C)C)c1NS(=O)(=O)c1ccc(F)c(F)c1. The Morgan fingerprint density at radius 1 is 1.05 bits per heavy atom. The van der Waals surface area contributed by atoms with Crippen LogP contribution in [0.2, 0.25) is 0 Å². The van der Waals surface area contributed by atoms with E-state index >= 15 is 0 Å². The summed E-state index contributed by atoms with van der Waals surface area (Å²) in [5, 5.41) is 0. The van der Waals surface area contributed by atoms with E-state index in [0.717, 1.165) is 23.3 Å². The number of aryl methyl sites for hydroxylation is 1. The van der Waals surface area contributed by atoms with Gasteiger partial charge in [-0.1, -0.05) is 32.0 Å². The quantitative estimate of drug-likeness (QED) is 0.916. The van der Waals surface area contributed by atoms with Crippen molar-refractivity contribution < 1.29 is 17.2 Å². The van der Waals surface area contributed by atoms with Crippen LogP contribution in [-0.2, 0) is 10.0 Å². The molecule has 0 saturated carbocycles. The molecule has 0 aromatic heterocycles. The summed E-state index contributed by atoms with van der Waals surface area (Å²) >= 11 is 0. The fraction of sp³-hybridized carbons (Fsp3) is 0.250. The Balaban J connectivity index is 2.47. The van der Waals surface area contributed by atoms with E-state index in [1.54, 1.807) is 13.0 Å². The molecule has 0 radical (unpaired) electrons. The van der Waals surface area contributed by atoms with Crippen molar-refractivity contribution in [3.8, 4) is 0 Å². The zero-order valence-corrected chi connectivity index (χ0v) is 13.3. The number of rotatable bonds is 4. The van der Waals surface area contributed by atoms with Gasteiger partial charge in [0.15, 0.2) is 11.6 Å². The molecule has 118 valence electrons. The van der Waals surface area contributed by atoms with Gasteiger partial charge in [-0.05, 0) is 42.2 Å². The zero-order chi connectivity index (χ0) is 16.5. The van der Waals surface area contributed by atoms with Crippen LogP contribution in [0.1, 0.15) is 30.9 Å². The van der Waals surface area contributed by atoms with Crippen molar-refractivity contribution in [3.05, 3.63) is 59.2 Å². The number of sulfonamides is 1. The van der Waals surface area contributed by atoms with E-state index in [1.807, 2.05) is 26.0 Å². The number of anilines is 1. The van der Waals surface area contributed by atoms with Crippen molar-refractivity contribution >= 4 is 15.7 Å². The second-order valence-corrected chi connectivity index (χ2v) is 7.06. The molecule has 0 spiro atoms. The smallest absolute Gasteiger partial charge is 0.262 e. The first-order chi connectivity index (χ1) is 10.2. The lowest BCUT2D eigenvalue weighted by molar-refractivity contribution is 0.504. The normalized spacial score (nSPS) is 11.7. The van der Waals surface area contributed by atoms with Gasteiger partial charge in [0, 0.05) is 0 Å². The zero-order valence-electron chi connectivity index (χ0n) is 12.5. The molecule has 1 N–H and O–H groups in total. The third-order valence-corrected chi connectivity index (χ3v) is 4.71. The predicted molar refractivity (Wildman–Crippen MR) is 82.4 cm³/mol. The summed E-state index contributed by atoms with van der Waals surface area (Å²) in [6, 6.07) is 7.97. The van der Waals surface area contributed by atoms with E-state index in [0.29, 0.717) is 11.8 Å². The number of halogens is 2. The number of hydrogen-bond donors (Lipinski definition) is 1. The van der Waals surface area contributed by atoms with Crippen LogP contribution in [0.25, 0.3) is 0 Å². The number of benzene rings is 2. The van der Waals surface area contributed by atoms with Gasteiger partial charge in [-0.2, -0.15) is 0 Å². The topological polar surface area (TPSA) is 46.2 Å². The number of hydrogen-bond acceptors (Lipinski definition) is 2. The van der Waals surface area contributed by atoms with Crippen molar-refractivity contribution in [2.75, 3.05) is 4.72 Å². The van der Waals surface area contributed by atoms with Gasteiger partial charge in [0.25, 0.3) is 10.0 Å². The number of para-hydroxylation sites is 1. The van der Waals surface area contributed by atoms with Crippen LogP contribution in [0.5, 0.6) is 0 Å². The van der Waals surface area contributed by atoms with Crippen LogP contribution < -0.4 is 4.72 Å². The summed E-state index contributed by atoms with van der Waals surface area (Å²) in [5.74, 6) is -2.17. The molecule has 2 aromatic carbocycles. The fourth-order valence-corrected chi connectivity index (χ4v) is 3.32. The van der Waals surface area contributed by atoms with Crippen molar-refractivity contribution in [1.82, 2.24) is 0 Å². The van der Waals surface area contributed by atoms with Gasteiger partial charge in [-0.3, -0.25) is 4.72 Å². The van der Waals surface area contributed by atoms with E-state index in [-0.39, 0.29) is 10.8 Å². The highest BCUT2D eigenvalue weighted by atomic mass is 32.2. The molecule has 0 saturated heterocycles. The molecular formula is C16H17F2NO2S. The third-order valence-electron chi connectivity index (χ3n) is 3.36. The molecule has 0 heterocycles. The van der Waals surface area contributed by atoms with Crippen molar-refractivity contribution in [2.24, 2.45) is 0 Å².